The molecule has 10 heteroatoms. The maximum Gasteiger partial charge on any atom is 0.417 e. The first kappa shape index (κ1) is 29.0. The number of hydrazine groups is 2. The summed E-state index contributed by atoms with van der Waals surface area (Å²) in [4.78, 5) is 22.5. The van der Waals surface area contributed by atoms with Crippen LogP contribution in [0, 0.1) is 4.91 Å². The minimum atomic E-state index is -4.58. The highest BCUT2D eigenvalue weighted by atomic mass is 35.5. The van der Waals surface area contributed by atoms with Crippen molar-refractivity contribution in [3.05, 3.63) is 33.7 Å². The quantitative estimate of drug-likeness (QED) is 0.105. The minimum absolute atomic E-state index is 0.00686. The summed E-state index contributed by atoms with van der Waals surface area (Å²) in [5.74, 6) is -0.712. The third-order valence-electron chi connectivity index (χ3n) is 5.33. The second kappa shape index (κ2) is 16.6. The summed E-state index contributed by atoms with van der Waals surface area (Å²) in [6.45, 7) is 0.433. The summed E-state index contributed by atoms with van der Waals surface area (Å²) in [5.41, 5.74) is 3.91. The summed E-state index contributed by atoms with van der Waals surface area (Å²) in [6.07, 6.45) is 9.88. The Kier molecular flexibility index (Phi) is 14.6. The second-order valence-corrected chi connectivity index (χ2v) is 8.65. The summed E-state index contributed by atoms with van der Waals surface area (Å²) >= 11 is 5.56. The maximum atomic E-state index is 12.9. The highest BCUT2D eigenvalue weighted by molar-refractivity contribution is 6.31. The molecule has 0 aliphatic heterocycles. The van der Waals surface area contributed by atoms with Crippen LogP contribution in [0.4, 0.5) is 18.9 Å². The molecule has 0 saturated heterocycles. The van der Waals surface area contributed by atoms with Gasteiger partial charge in [-0.2, -0.15) is 13.2 Å². The number of aliphatic carboxylic acids is 1. The molecule has 0 aromatic heterocycles. The molecule has 0 bridgehead atoms. The van der Waals surface area contributed by atoms with Crippen LogP contribution in [-0.4, -0.2) is 22.6 Å². The lowest BCUT2D eigenvalue weighted by Crippen LogP contribution is -2.32. The molecule has 0 aliphatic rings. The Labute approximate surface area is 198 Å². The largest absolute Gasteiger partial charge is 0.481 e. The van der Waals surface area contributed by atoms with E-state index in [-0.39, 0.29) is 12.1 Å². The molecule has 0 saturated carbocycles. The lowest BCUT2D eigenvalue weighted by Gasteiger charge is -2.09. The van der Waals surface area contributed by atoms with Crippen LogP contribution in [-0.2, 0) is 11.0 Å². The normalized spacial score (nSPS) is 11.4. The second-order valence-electron chi connectivity index (χ2n) is 8.25. The third kappa shape index (κ3) is 14.7. The van der Waals surface area contributed by atoms with Crippen LogP contribution in [0.2, 0.25) is 5.02 Å². The van der Waals surface area contributed by atoms with Crippen molar-refractivity contribution in [1.82, 2.24) is 5.43 Å². The van der Waals surface area contributed by atoms with Gasteiger partial charge in [0.2, 0.25) is 0 Å². The number of carboxylic acids is 1. The third-order valence-corrected chi connectivity index (χ3v) is 5.65. The van der Waals surface area contributed by atoms with E-state index in [1.807, 2.05) is 0 Å². The first-order valence-electron chi connectivity index (χ1n) is 11.8. The van der Waals surface area contributed by atoms with E-state index < -0.39 is 22.7 Å². The molecule has 0 atom stereocenters. The molecular weight excluding hydrogens is 459 g/mol. The number of rotatable bonds is 19. The number of alkyl halides is 3. The minimum Gasteiger partial charge on any atom is -0.481 e. The fraction of sp³-hybridized carbons (Fsp3) is 0.696. The van der Waals surface area contributed by atoms with E-state index in [9.17, 15) is 22.9 Å². The predicted molar refractivity (Wildman–Crippen MR) is 124 cm³/mol. The number of carboxylic acid groups (broad SMARTS) is 1. The van der Waals surface area contributed by atoms with Crippen molar-refractivity contribution in [1.29, 1.82) is 0 Å². The highest BCUT2D eigenvalue weighted by Gasteiger charge is 2.33. The first-order chi connectivity index (χ1) is 15.7. The van der Waals surface area contributed by atoms with E-state index in [0.717, 1.165) is 57.1 Å². The highest BCUT2D eigenvalue weighted by Crippen LogP contribution is 2.36. The lowest BCUT2D eigenvalue weighted by molar-refractivity contribution is -0.579. The van der Waals surface area contributed by atoms with Crippen molar-refractivity contribution >= 4 is 23.3 Å². The van der Waals surface area contributed by atoms with Gasteiger partial charge in [0.1, 0.15) is 5.69 Å². The standard InChI is InChI=1S/C23H35ClF3N3O3/c24-21-16-15-19(18-20(21)23(25,26)27)29-30(33)28-17-13-11-9-7-5-3-1-2-4-6-8-10-12-14-22(31)32/h15-16,18H,1-14,17H2,(H2-,28,29,31,32,33)/p+1. The van der Waals surface area contributed by atoms with Crippen molar-refractivity contribution in [3.63, 3.8) is 0 Å². The monoisotopic (exact) mass is 494 g/mol. The van der Waals surface area contributed by atoms with E-state index in [2.05, 4.69) is 10.9 Å². The van der Waals surface area contributed by atoms with Crippen molar-refractivity contribution < 1.29 is 28.1 Å². The molecule has 6 nitrogen and oxygen atoms in total. The van der Waals surface area contributed by atoms with Crippen molar-refractivity contribution in [2.24, 2.45) is 0 Å². The van der Waals surface area contributed by atoms with Gasteiger partial charge >= 0.3 is 12.1 Å². The average Bonchev–Trinajstić information content (AvgIpc) is 2.73. The Morgan fingerprint density at radius 3 is 1.85 bits per heavy atom. The molecule has 1 aromatic carbocycles. The Morgan fingerprint density at radius 2 is 1.36 bits per heavy atom. The lowest BCUT2D eigenvalue weighted by atomic mass is 10.0. The van der Waals surface area contributed by atoms with Crippen molar-refractivity contribution in [2.45, 2.75) is 96.1 Å². The Balaban J connectivity index is 1.96. The number of hydrogen-bond donors (Lipinski definition) is 3. The first-order valence-corrected chi connectivity index (χ1v) is 12.1. The summed E-state index contributed by atoms with van der Waals surface area (Å²) in [7, 11) is 0. The van der Waals surface area contributed by atoms with Crippen LogP contribution >= 0.6 is 11.6 Å². The number of nitroso groups, excluding NO2 is 1. The fourth-order valence-electron chi connectivity index (χ4n) is 3.50. The van der Waals surface area contributed by atoms with Gasteiger partial charge in [0, 0.05) is 6.42 Å². The molecule has 33 heavy (non-hydrogen) atoms. The molecule has 1 aromatic rings. The van der Waals surface area contributed by atoms with Crippen LogP contribution in [0.1, 0.15) is 95.5 Å². The maximum absolute atomic E-state index is 12.9. The number of halogens is 4. The number of hydrogen-bond acceptors (Lipinski definition) is 2. The van der Waals surface area contributed by atoms with E-state index >= 15 is 0 Å². The zero-order chi connectivity index (χ0) is 24.5. The molecule has 3 N–H and O–H groups in total. The van der Waals surface area contributed by atoms with E-state index in [4.69, 9.17) is 16.7 Å². The molecule has 188 valence electrons. The van der Waals surface area contributed by atoms with Gasteiger partial charge in [-0.3, -0.25) is 4.79 Å². The van der Waals surface area contributed by atoms with Gasteiger partial charge in [0.05, 0.1) is 22.0 Å². The van der Waals surface area contributed by atoms with Crippen LogP contribution in [0.15, 0.2) is 18.2 Å². The molecule has 0 spiro atoms. The Morgan fingerprint density at radius 1 is 0.879 bits per heavy atom. The van der Waals surface area contributed by atoms with Gasteiger partial charge in [-0.05, 0) is 31.0 Å². The molecule has 0 amide bonds. The number of unbranched alkanes of at least 4 members (excludes halogenated alkanes) is 12. The Hall–Kier alpha value is -2.03. The van der Waals surface area contributed by atoms with Gasteiger partial charge in [0.15, 0.2) is 0 Å². The SMILES string of the molecule is O=C(O)CCCCCCCCCCCCCCCN[N+](=O)Nc1ccc(Cl)c(C(F)(F)F)c1. The smallest absolute Gasteiger partial charge is 0.417 e. The molecule has 0 radical (unpaired) electrons. The van der Waals surface area contributed by atoms with Gasteiger partial charge in [-0.1, -0.05) is 87.7 Å². The van der Waals surface area contributed by atoms with Crippen molar-refractivity contribution in [3.8, 4) is 0 Å². The summed E-state index contributed by atoms with van der Waals surface area (Å²) < 4.78 is 38.6. The van der Waals surface area contributed by atoms with E-state index in [1.54, 1.807) is 0 Å². The molecule has 0 unspecified atom stereocenters. The summed E-state index contributed by atoms with van der Waals surface area (Å²) in [6, 6.07) is 3.22. The number of anilines is 1. The van der Waals surface area contributed by atoms with Crippen LogP contribution in [0.25, 0.3) is 0 Å². The van der Waals surface area contributed by atoms with Gasteiger partial charge in [0.25, 0.3) is 4.98 Å². The molecule has 1 rings (SSSR count). The van der Waals surface area contributed by atoms with Crippen LogP contribution in [0.3, 0.4) is 0 Å². The molecular formula is C23H36ClF3N3O3+. The average molecular weight is 495 g/mol. The fourth-order valence-corrected chi connectivity index (χ4v) is 3.72. The number of benzene rings is 1. The van der Waals surface area contributed by atoms with E-state index in [1.165, 1.54) is 44.6 Å². The molecule has 0 fully saturated rings. The zero-order valence-electron chi connectivity index (χ0n) is 19.1. The van der Waals surface area contributed by atoms with E-state index in [0.29, 0.717) is 11.5 Å². The number of nitrogens with one attached hydrogen (secondary N) is 2. The Bertz CT molecular complexity index is 718. The predicted octanol–water partition coefficient (Wildman–Crippen LogP) is 7.52. The van der Waals surface area contributed by atoms with Gasteiger partial charge < -0.3 is 5.11 Å². The molecule has 0 heterocycles. The summed E-state index contributed by atoms with van der Waals surface area (Å²) in [5, 5.41) is 8.16. The van der Waals surface area contributed by atoms with Crippen LogP contribution in [0.5, 0.6) is 0 Å². The zero-order valence-corrected chi connectivity index (χ0v) is 19.8. The van der Waals surface area contributed by atoms with Crippen molar-refractivity contribution in [2.75, 3.05) is 12.0 Å². The van der Waals surface area contributed by atoms with Gasteiger partial charge in [-0.25, -0.2) is 0 Å². The molecule has 0 aliphatic carbocycles. The number of carbonyl (C=O) groups is 1. The van der Waals surface area contributed by atoms with Gasteiger partial charge in [-0.15, -0.1) is 5.43 Å². The number of nitrogens with zero attached hydrogens (tertiary/aromatic N) is 1. The topological polar surface area (TPSA) is 81.4 Å². The van der Waals surface area contributed by atoms with Crippen LogP contribution < -0.4 is 10.9 Å².